The number of fused-ring (bicyclic) bond motifs is 1. The number of nitrogens with zero attached hydrogens (tertiary/aromatic N) is 5. The lowest BCUT2D eigenvalue weighted by Crippen LogP contribution is -2.44. The number of likely N-dealkylation sites (tertiary alicyclic amines) is 1. The van der Waals surface area contributed by atoms with Gasteiger partial charge in [0, 0.05) is 66.3 Å². The molecule has 1 saturated heterocycles. The Labute approximate surface area is 157 Å². The van der Waals surface area contributed by atoms with Crippen LogP contribution in [0, 0.1) is 0 Å². The lowest BCUT2D eigenvalue weighted by Gasteiger charge is -2.31. The summed E-state index contributed by atoms with van der Waals surface area (Å²) < 4.78 is 0. The van der Waals surface area contributed by atoms with Crippen LogP contribution in [0.1, 0.15) is 31.4 Å². The normalized spacial score (nSPS) is 15.1. The van der Waals surface area contributed by atoms with Gasteiger partial charge >= 0.3 is 6.03 Å². The first-order valence-electron chi connectivity index (χ1n) is 9.29. The molecule has 0 atom stereocenters. The number of piperidine rings is 1. The molecule has 138 valence electrons. The highest BCUT2D eigenvalue weighted by Crippen LogP contribution is 2.28. The van der Waals surface area contributed by atoms with E-state index in [0.717, 1.165) is 53.8 Å². The molecule has 0 aliphatic carbocycles. The number of hydrogen-bond donors (Lipinski definition) is 1. The van der Waals surface area contributed by atoms with Crippen molar-refractivity contribution in [2.75, 3.05) is 19.6 Å². The molecule has 4 heterocycles. The van der Waals surface area contributed by atoms with E-state index in [-0.39, 0.29) is 6.03 Å². The van der Waals surface area contributed by atoms with Crippen LogP contribution in [-0.2, 0) is 0 Å². The van der Waals surface area contributed by atoms with Crippen LogP contribution < -0.4 is 5.32 Å². The number of carbonyl (C=O) groups is 1. The van der Waals surface area contributed by atoms with Crippen LogP contribution in [-0.4, -0.2) is 50.5 Å². The zero-order valence-corrected chi connectivity index (χ0v) is 15.3. The molecule has 7 heteroatoms. The van der Waals surface area contributed by atoms with E-state index in [1.807, 2.05) is 18.0 Å². The molecular formula is C20H22N6O. The van der Waals surface area contributed by atoms with Gasteiger partial charge in [-0.25, -0.2) is 24.7 Å². The summed E-state index contributed by atoms with van der Waals surface area (Å²) in [6.07, 6.45) is 8.74. The quantitative estimate of drug-likeness (QED) is 0.774. The van der Waals surface area contributed by atoms with Crippen molar-refractivity contribution in [3.8, 4) is 11.1 Å². The summed E-state index contributed by atoms with van der Waals surface area (Å²) >= 11 is 0. The SMILES string of the molecule is CCNC(=O)N1CCC(c2ccc3cc(-c4cncnc4)cnc3n2)CC1. The van der Waals surface area contributed by atoms with Crippen molar-refractivity contribution in [3.05, 3.63) is 48.8 Å². The Morgan fingerprint density at radius 3 is 2.67 bits per heavy atom. The molecule has 3 aromatic heterocycles. The second kappa shape index (κ2) is 7.65. The molecule has 2 amide bonds. The van der Waals surface area contributed by atoms with Gasteiger partial charge < -0.3 is 10.2 Å². The molecule has 3 aromatic rings. The number of carbonyl (C=O) groups excluding carboxylic acids is 1. The summed E-state index contributed by atoms with van der Waals surface area (Å²) in [6.45, 7) is 4.12. The van der Waals surface area contributed by atoms with Crippen molar-refractivity contribution in [3.63, 3.8) is 0 Å². The van der Waals surface area contributed by atoms with Gasteiger partial charge in [-0.3, -0.25) is 0 Å². The van der Waals surface area contributed by atoms with Crippen molar-refractivity contribution >= 4 is 17.1 Å². The average Bonchev–Trinajstić information content (AvgIpc) is 2.74. The molecule has 0 unspecified atom stereocenters. The molecule has 0 radical (unpaired) electrons. The van der Waals surface area contributed by atoms with Crippen LogP contribution in [0.25, 0.3) is 22.2 Å². The van der Waals surface area contributed by atoms with E-state index >= 15 is 0 Å². The highest BCUT2D eigenvalue weighted by molar-refractivity contribution is 5.80. The van der Waals surface area contributed by atoms with E-state index in [9.17, 15) is 4.79 Å². The van der Waals surface area contributed by atoms with E-state index in [0.29, 0.717) is 12.5 Å². The summed E-state index contributed by atoms with van der Waals surface area (Å²) in [4.78, 5) is 31.3. The highest BCUT2D eigenvalue weighted by Gasteiger charge is 2.24. The van der Waals surface area contributed by atoms with Crippen molar-refractivity contribution in [2.45, 2.75) is 25.7 Å². The summed E-state index contributed by atoms with van der Waals surface area (Å²) in [7, 11) is 0. The fraction of sp³-hybridized carbons (Fsp3) is 0.350. The Balaban J connectivity index is 1.50. The maximum Gasteiger partial charge on any atom is 0.317 e. The predicted octanol–water partition coefficient (Wildman–Crippen LogP) is 3.00. The molecule has 0 bridgehead atoms. The third kappa shape index (κ3) is 3.72. The topological polar surface area (TPSA) is 83.9 Å². The Bertz CT molecular complexity index is 938. The fourth-order valence-electron chi connectivity index (χ4n) is 3.50. The van der Waals surface area contributed by atoms with Gasteiger partial charge in [-0.2, -0.15) is 0 Å². The average molecular weight is 362 g/mol. The molecular weight excluding hydrogens is 340 g/mol. The van der Waals surface area contributed by atoms with Gasteiger partial charge in [-0.15, -0.1) is 0 Å². The predicted molar refractivity (Wildman–Crippen MR) is 103 cm³/mol. The monoisotopic (exact) mass is 362 g/mol. The number of nitrogens with one attached hydrogen (secondary N) is 1. The summed E-state index contributed by atoms with van der Waals surface area (Å²) in [6, 6.07) is 6.26. The van der Waals surface area contributed by atoms with Gasteiger partial charge in [0.2, 0.25) is 0 Å². The largest absolute Gasteiger partial charge is 0.338 e. The Kier molecular flexibility index (Phi) is 4.91. The van der Waals surface area contributed by atoms with Crippen LogP contribution in [0.4, 0.5) is 4.79 Å². The maximum atomic E-state index is 11.9. The third-order valence-corrected chi connectivity index (χ3v) is 4.99. The summed E-state index contributed by atoms with van der Waals surface area (Å²) in [5, 5.41) is 3.87. The van der Waals surface area contributed by atoms with Gasteiger partial charge in [-0.1, -0.05) is 0 Å². The molecule has 0 saturated carbocycles. The zero-order valence-electron chi connectivity index (χ0n) is 15.3. The number of rotatable bonds is 3. The van der Waals surface area contributed by atoms with E-state index in [1.54, 1.807) is 12.4 Å². The standard InChI is InChI=1S/C20H22N6O/c1-2-23-20(27)26-7-5-14(6-8-26)18-4-3-15-9-16(12-24-19(15)25-18)17-10-21-13-22-11-17/h3-4,9-14H,2,5-8H2,1H3,(H,23,27). The van der Waals surface area contributed by atoms with Gasteiger partial charge in [-0.05, 0) is 38.0 Å². The summed E-state index contributed by atoms with van der Waals surface area (Å²) in [5.74, 6) is 0.365. The first-order chi connectivity index (χ1) is 13.2. The molecule has 0 spiro atoms. The highest BCUT2D eigenvalue weighted by atomic mass is 16.2. The maximum absolute atomic E-state index is 11.9. The zero-order chi connectivity index (χ0) is 18.6. The van der Waals surface area contributed by atoms with Gasteiger partial charge in [0.15, 0.2) is 5.65 Å². The molecule has 1 aliphatic rings. The minimum Gasteiger partial charge on any atom is -0.338 e. The van der Waals surface area contributed by atoms with Gasteiger partial charge in [0.05, 0.1) is 0 Å². The van der Waals surface area contributed by atoms with Crippen molar-refractivity contribution < 1.29 is 4.79 Å². The smallest absolute Gasteiger partial charge is 0.317 e. The molecule has 0 aromatic carbocycles. The summed E-state index contributed by atoms with van der Waals surface area (Å²) in [5.41, 5.74) is 3.72. The van der Waals surface area contributed by atoms with Crippen molar-refractivity contribution in [1.82, 2.24) is 30.2 Å². The van der Waals surface area contributed by atoms with Crippen LogP contribution >= 0.6 is 0 Å². The van der Waals surface area contributed by atoms with Crippen molar-refractivity contribution in [2.24, 2.45) is 0 Å². The lowest BCUT2D eigenvalue weighted by molar-refractivity contribution is 0.181. The minimum absolute atomic E-state index is 0.0292. The Morgan fingerprint density at radius 2 is 1.93 bits per heavy atom. The van der Waals surface area contributed by atoms with E-state index in [1.165, 1.54) is 6.33 Å². The van der Waals surface area contributed by atoms with Crippen LogP contribution in [0.5, 0.6) is 0 Å². The second-order valence-corrected chi connectivity index (χ2v) is 6.73. The molecule has 1 N–H and O–H groups in total. The van der Waals surface area contributed by atoms with E-state index in [4.69, 9.17) is 4.98 Å². The van der Waals surface area contributed by atoms with Crippen molar-refractivity contribution in [1.29, 1.82) is 0 Å². The van der Waals surface area contributed by atoms with Gasteiger partial charge in [0.1, 0.15) is 6.33 Å². The van der Waals surface area contributed by atoms with Gasteiger partial charge in [0.25, 0.3) is 0 Å². The van der Waals surface area contributed by atoms with Crippen LogP contribution in [0.2, 0.25) is 0 Å². The molecule has 27 heavy (non-hydrogen) atoms. The minimum atomic E-state index is 0.0292. The van der Waals surface area contributed by atoms with Crippen LogP contribution in [0.15, 0.2) is 43.1 Å². The van der Waals surface area contributed by atoms with E-state index < -0.39 is 0 Å². The third-order valence-electron chi connectivity index (χ3n) is 4.99. The Hall–Kier alpha value is -3.09. The molecule has 1 aliphatic heterocycles. The van der Waals surface area contributed by atoms with E-state index in [2.05, 4.69) is 38.5 Å². The number of urea groups is 1. The first kappa shape index (κ1) is 17.3. The number of amides is 2. The number of pyridine rings is 2. The fourth-order valence-corrected chi connectivity index (χ4v) is 3.50. The van der Waals surface area contributed by atoms with Crippen LogP contribution in [0.3, 0.4) is 0 Å². The number of aromatic nitrogens is 4. The molecule has 1 fully saturated rings. The number of hydrogen-bond acceptors (Lipinski definition) is 5. The second-order valence-electron chi connectivity index (χ2n) is 6.73. The lowest BCUT2D eigenvalue weighted by atomic mass is 9.93. The molecule has 4 rings (SSSR count). The first-order valence-corrected chi connectivity index (χ1v) is 9.29. The molecule has 7 nitrogen and oxygen atoms in total. The Morgan fingerprint density at radius 1 is 1.15 bits per heavy atom.